The second-order valence-corrected chi connectivity index (χ2v) is 9.69. The smallest absolute Gasteiger partial charge is 0.321 e. The van der Waals surface area contributed by atoms with Gasteiger partial charge in [0.25, 0.3) is 0 Å². The highest BCUT2D eigenvalue weighted by molar-refractivity contribution is 5.89. The van der Waals surface area contributed by atoms with Crippen LogP contribution < -0.4 is 5.32 Å². The van der Waals surface area contributed by atoms with Crippen LogP contribution in [0.4, 0.5) is 10.5 Å². The molecular formula is C25H38N4O2. The number of amides is 3. The van der Waals surface area contributed by atoms with Crippen LogP contribution in [0.25, 0.3) is 0 Å². The summed E-state index contributed by atoms with van der Waals surface area (Å²) in [5, 5.41) is 3.01. The molecule has 2 saturated heterocycles. The summed E-state index contributed by atoms with van der Waals surface area (Å²) in [4.78, 5) is 32.8. The summed E-state index contributed by atoms with van der Waals surface area (Å²) in [6.07, 6.45) is 8.27. The van der Waals surface area contributed by atoms with Gasteiger partial charge in [0.15, 0.2) is 0 Å². The van der Waals surface area contributed by atoms with E-state index < -0.39 is 0 Å². The van der Waals surface area contributed by atoms with Gasteiger partial charge in [0.05, 0.1) is 6.04 Å². The van der Waals surface area contributed by atoms with E-state index in [1.54, 1.807) is 0 Å². The second-order valence-electron chi connectivity index (χ2n) is 9.69. The number of anilines is 1. The molecule has 31 heavy (non-hydrogen) atoms. The zero-order chi connectivity index (χ0) is 21.8. The molecule has 4 rings (SSSR count). The molecule has 6 nitrogen and oxygen atoms in total. The topological polar surface area (TPSA) is 55.9 Å². The van der Waals surface area contributed by atoms with E-state index in [4.69, 9.17) is 0 Å². The Labute approximate surface area is 187 Å². The fourth-order valence-corrected chi connectivity index (χ4v) is 5.57. The van der Waals surface area contributed by atoms with Gasteiger partial charge in [-0.05, 0) is 64.0 Å². The fraction of sp³-hybridized carbons (Fsp3) is 0.680. The van der Waals surface area contributed by atoms with Crippen LogP contribution in [0, 0.1) is 12.8 Å². The molecule has 1 aromatic rings. The average Bonchev–Trinajstić information content (AvgIpc) is 3.30. The molecule has 1 aromatic carbocycles. The van der Waals surface area contributed by atoms with Crippen molar-refractivity contribution in [2.75, 3.05) is 38.0 Å². The Morgan fingerprint density at radius 2 is 1.55 bits per heavy atom. The SMILES string of the molecule is Cc1ccc(NC(=O)N2CCN(C(C(=O)N3CCCCC3C)C3CCCC3)CC2)cc1. The third-order valence-electron chi connectivity index (χ3n) is 7.48. The van der Waals surface area contributed by atoms with Gasteiger partial charge in [-0.3, -0.25) is 9.69 Å². The number of piperazine rings is 1. The van der Waals surface area contributed by atoms with Gasteiger partial charge in [-0.1, -0.05) is 30.5 Å². The van der Waals surface area contributed by atoms with Gasteiger partial charge >= 0.3 is 6.03 Å². The Bertz CT molecular complexity index is 751. The number of carbonyl (C=O) groups excluding carboxylic acids is 2. The van der Waals surface area contributed by atoms with Crippen LogP contribution in [0.1, 0.15) is 57.4 Å². The van der Waals surface area contributed by atoms with Gasteiger partial charge in [-0.2, -0.15) is 0 Å². The predicted octanol–water partition coefficient (Wildman–Crippen LogP) is 4.10. The van der Waals surface area contributed by atoms with E-state index in [-0.39, 0.29) is 12.1 Å². The summed E-state index contributed by atoms with van der Waals surface area (Å²) < 4.78 is 0. The maximum Gasteiger partial charge on any atom is 0.321 e. The van der Waals surface area contributed by atoms with Crippen LogP contribution >= 0.6 is 0 Å². The number of urea groups is 1. The Hall–Kier alpha value is -2.08. The van der Waals surface area contributed by atoms with Crippen LogP contribution in [0.15, 0.2) is 24.3 Å². The molecule has 0 bridgehead atoms. The van der Waals surface area contributed by atoms with E-state index in [0.717, 1.165) is 51.0 Å². The summed E-state index contributed by atoms with van der Waals surface area (Å²) in [5.74, 6) is 0.811. The number of piperidine rings is 1. The number of benzene rings is 1. The maximum absolute atomic E-state index is 13.7. The van der Waals surface area contributed by atoms with Crippen LogP contribution in [0.5, 0.6) is 0 Å². The van der Waals surface area contributed by atoms with Crippen molar-refractivity contribution in [3.8, 4) is 0 Å². The van der Waals surface area contributed by atoms with Crippen molar-refractivity contribution >= 4 is 17.6 Å². The summed E-state index contributed by atoms with van der Waals surface area (Å²) in [6, 6.07) is 8.20. The molecule has 6 heteroatoms. The predicted molar refractivity (Wildman–Crippen MR) is 124 cm³/mol. The van der Waals surface area contributed by atoms with Crippen LogP contribution in [-0.2, 0) is 4.79 Å². The Balaban J connectivity index is 1.38. The first kappa shape index (κ1) is 22.1. The number of hydrogen-bond acceptors (Lipinski definition) is 3. The number of hydrogen-bond donors (Lipinski definition) is 1. The number of likely N-dealkylation sites (tertiary alicyclic amines) is 1. The van der Waals surface area contributed by atoms with E-state index >= 15 is 0 Å². The minimum Gasteiger partial charge on any atom is -0.339 e. The van der Waals surface area contributed by atoms with Crippen molar-refractivity contribution < 1.29 is 9.59 Å². The number of nitrogens with zero attached hydrogens (tertiary/aromatic N) is 3. The minimum absolute atomic E-state index is 0.00893. The van der Waals surface area contributed by atoms with Crippen molar-refractivity contribution in [2.24, 2.45) is 5.92 Å². The summed E-state index contributed by atoms with van der Waals surface area (Å²) in [6.45, 7) is 8.04. The van der Waals surface area contributed by atoms with Crippen molar-refractivity contribution in [3.05, 3.63) is 29.8 Å². The normalized spacial score (nSPS) is 24.3. The molecule has 3 aliphatic rings. The monoisotopic (exact) mass is 426 g/mol. The Morgan fingerprint density at radius 1 is 0.903 bits per heavy atom. The van der Waals surface area contributed by atoms with Crippen LogP contribution in [0.3, 0.4) is 0 Å². The van der Waals surface area contributed by atoms with E-state index in [1.165, 1.54) is 24.8 Å². The van der Waals surface area contributed by atoms with E-state index in [1.807, 2.05) is 36.1 Å². The lowest BCUT2D eigenvalue weighted by Gasteiger charge is -2.44. The second kappa shape index (κ2) is 10.0. The lowest BCUT2D eigenvalue weighted by Crippen LogP contribution is -2.60. The lowest BCUT2D eigenvalue weighted by molar-refractivity contribution is -0.143. The minimum atomic E-state index is -0.0445. The molecule has 2 atom stereocenters. The molecule has 1 saturated carbocycles. The van der Waals surface area contributed by atoms with E-state index in [9.17, 15) is 9.59 Å². The highest BCUT2D eigenvalue weighted by Gasteiger charge is 2.40. The highest BCUT2D eigenvalue weighted by atomic mass is 16.2. The van der Waals surface area contributed by atoms with Crippen molar-refractivity contribution in [1.29, 1.82) is 0 Å². The van der Waals surface area contributed by atoms with Gasteiger partial charge in [0.2, 0.25) is 5.91 Å². The first-order chi connectivity index (χ1) is 15.0. The molecule has 2 unspecified atom stereocenters. The Kier molecular flexibility index (Phi) is 7.16. The molecular weight excluding hydrogens is 388 g/mol. The summed E-state index contributed by atoms with van der Waals surface area (Å²) >= 11 is 0. The molecule has 0 radical (unpaired) electrons. The molecule has 2 heterocycles. The summed E-state index contributed by atoms with van der Waals surface area (Å²) in [5.41, 5.74) is 2.01. The number of carbonyl (C=O) groups is 2. The molecule has 170 valence electrons. The van der Waals surface area contributed by atoms with Crippen molar-refractivity contribution in [2.45, 2.75) is 70.9 Å². The molecule has 2 aliphatic heterocycles. The number of aryl methyl sites for hydroxylation is 1. The maximum atomic E-state index is 13.7. The first-order valence-corrected chi connectivity index (χ1v) is 12.2. The average molecular weight is 427 g/mol. The largest absolute Gasteiger partial charge is 0.339 e. The fourth-order valence-electron chi connectivity index (χ4n) is 5.57. The van der Waals surface area contributed by atoms with Gasteiger partial charge in [0.1, 0.15) is 0 Å². The third kappa shape index (κ3) is 5.22. The number of rotatable bonds is 4. The molecule has 1 N–H and O–H groups in total. The van der Waals surface area contributed by atoms with E-state index in [0.29, 0.717) is 31.0 Å². The third-order valence-corrected chi connectivity index (χ3v) is 7.48. The van der Waals surface area contributed by atoms with Crippen LogP contribution in [-0.4, -0.2) is 71.4 Å². The molecule has 3 amide bonds. The summed E-state index contributed by atoms with van der Waals surface area (Å²) in [7, 11) is 0. The lowest BCUT2D eigenvalue weighted by atomic mass is 9.92. The Morgan fingerprint density at radius 3 is 2.19 bits per heavy atom. The quantitative estimate of drug-likeness (QED) is 0.788. The molecule has 1 aliphatic carbocycles. The highest BCUT2D eigenvalue weighted by Crippen LogP contribution is 2.33. The van der Waals surface area contributed by atoms with Crippen LogP contribution in [0.2, 0.25) is 0 Å². The zero-order valence-corrected chi connectivity index (χ0v) is 19.2. The van der Waals surface area contributed by atoms with Gasteiger partial charge in [-0.25, -0.2) is 4.79 Å². The molecule has 0 aromatic heterocycles. The first-order valence-electron chi connectivity index (χ1n) is 12.2. The van der Waals surface area contributed by atoms with Crippen molar-refractivity contribution in [3.63, 3.8) is 0 Å². The zero-order valence-electron chi connectivity index (χ0n) is 19.2. The van der Waals surface area contributed by atoms with Gasteiger partial charge in [-0.15, -0.1) is 0 Å². The number of nitrogens with one attached hydrogen (secondary N) is 1. The van der Waals surface area contributed by atoms with E-state index in [2.05, 4.69) is 22.0 Å². The molecule has 3 fully saturated rings. The standard InChI is InChI=1S/C25H38N4O2/c1-19-10-12-22(13-11-19)26-25(31)28-17-15-27(16-18-28)23(21-8-3-4-9-21)24(30)29-14-6-5-7-20(29)2/h10-13,20-21,23H,3-9,14-18H2,1-2H3,(H,26,31). The molecule has 0 spiro atoms. The van der Waals surface area contributed by atoms with Gasteiger partial charge < -0.3 is 15.1 Å². The van der Waals surface area contributed by atoms with Crippen molar-refractivity contribution in [1.82, 2.24) is 14.7 Å². The van der Waals surface area contributed by atoms with Gasteiger partial charge in [0, 0.05) is 44.5 Å².